The van der Waals surface area contributed by atoms with Crippen molar-refractivity contribution >= 4 is 28.8 Å². The van der Waals surface area contributed by atoms with Crippen molar-refractivity contribution in [2.45, 2.75) is 6.92 Å². The highest BCUT2D eigenvalue weighted by Crippen LogP contribution is 2.38. The molecule has 7 heteroatoms. The van der Waals surface area contributed by atoms with Crippen molar-refractivity contribution < 1.29 is 23.5 Å². The first kappa shape index (κ1) is 18.9. The van der Waals surface area contributed by atoms with E-state index in [-0.39, 0.29) is 23.8 Å². The maximum absolute atomic E-state index is 14.5. The summed E-state index contributed by atoms with van der Waals surface area (Å²) < 4.78 is 25.2. The van der Waals surface area contributed by atoms with E-state index in [9.17, 15) is 14.0 Å². The van der Waals surface area contributed by atoms with Gasteiger partial charge in [0.25, 0.3) is 11.8 Å². The molecule has 5 rings (SSSR count). The number of fused-ring (bicyclic) bond motifs is 1. The number of rotatable bonds is 4. The third kappa shape index (κ3) is 3.20. The highest BCUT2D eigenvalue weighted by Gasteiger charge is 2.41. The number of nitrogens with one attached hydrogen (secondary N) is 1. The number of hydrogen-bond acceptors (Lipinski definition) is 5. The van der Waals surface area contributed by atoms with Crippen molar-refractivity contribution in [3.63, 3.8) is 0 Å². The maximum atomic E-state index is 14.5. The summed E-state index contributed by atoms with van der Waals surface area (Å²) >= 11 is 0. The molecule has 0 aromatic heterocycles. The summed E-state index contributed by atoms with van der Waals surface area (Å²) in [6.45, 7) is 2.05. The number of ether oxygens (including phenoxy) is 2. The highest BCUT2D eigenvalue weighted by atomic mass is 19.1. The van der Waals surface area contributed by atoms with Crippen LogP contribution in [0.1, 0.15) is 11.1 Å². The number of benzene rings is 3. The molecule has 0 fully saturated rings. The smallest absolute Gasteiger partial charge is 0.282 e. The zero-order valence-corrected chi connectivity index (χ0v) is 16.5. The van der Waals surface area contributed by atoms with Gasteiger partial charge in [-0.3, -0.25) is 9.59 Å². The SMILES string of the molecule is Cc1ccc(C2=C(Nc3ccc4c(c3)OCO4)C(=O)N(c3ccccc3F)C2=O)cc1. The average Bonchev–Trinajstić information content (AvgIpc) is 3.32. The van der Waals surface area contributed by atoms with Crippen molar-refractivity contribution in [2.24, 2.45) is 0 Å². The second-order valence-corrected chi connectivity index (χ2v) is 7.21. The van der Waals surface area contributed by atoms with Crippen LogP contribution in [0.15, 0.2) is 72.4 Å². The fraction of sp³-hybridized carbons (Fsp3) is 0.0833. The number of hydrogen-bond donors (Lipinski definition) is 1. The summed E-state index contributed by atoms with van der Waals surface area (Å²) in [5, 5.41) is 3.04. The Morgan fingerprint density at radius 1 is 0.903 bits per heavy atom. The highest BCUT2D eigenvalue weighted by molar-refractivity contribution is 6.46. The Hall–Kier alpha value is -4.13. The monoisotopic (exact) mass is 416 g/mol. The van der Waals surface area contributed by atoms with Gasteiger partial charge in [-0.25, -0.2) is 9.29 Å². The largest absolute Gasteiger partial charge is 0.454 e. The average molecular weight is 416 g/mol. The van der Waals surface area contributed by atoms with Gasteiger partial charge in [0.15, 0.2) is 11.5 Å². The van der Waals surface area contributed by atoms with Crippen molar-refractivity contribution in [3.8, 4) is 11.5 Å². The Morgan fingerprint density at radius 3 is 2.42 bits per heavy atom. The van der Waals surface area contributed by atoms with E-state index >= 15 is 0 Å². The van der Waals surface area contributed by atoms with Crippen LogP contribution in [0.4, 0.5) is 15.8 Å². The van der Waals surface area contributed by atoms with Crippen LogP contribution in [0.3, 0.4) is 0 Å². The summed E-state index contributed by atoms with van der Waals surface area (Å²) in [4.78, 5) is 27.5. The minimum atomic E-state index is -0.656. The number of aryl methyl sites for hydroxylation is 1. The Balaban J connectivity index is 1.61. The molecular weight excluding hydrogens is 399 g/mol. The van der Waals surface area contributed by atoms with E-state index in [1.807, 2.05) is 19.1 Å². The molecule has 2 aliphatic heterocycles. The van der Waals surface area contributed by atoms with Crippen molar-refractivity contribution in [1.29, 1.82) is 0 Å². The van der Waals surface area contributed by atoms with Gasteiger partial charge in [-0.1, -0.05) is 42.0 Å². The van der Waals surface area contributed by atoms with Gasteiger partial charge in [0.1, 0.15) is 11.5 Å². The lowest BCUT2D eigenvalue weighted by molar-refractivity contribution is -0.120. The quantitative estimate of drug-likeness (QED) is 0.644. The first-order valence-corrected chi connectivity index (χ1v) is 9.64. The molecule has 0 atom stereocenters. The number of imide groups is 1. The normalized spacial score (nSPS) is 15.1. The molecule has 3 aromatic carbocycles. The lowest BCUT2D eigenvalue weighted by atomic mass is 10.0. The van der Waals surface area contributed by atoms with Gasteiger partial charge in [0.05, 0.1) is 11.3 Å². The van der Waals surface area contributed by atoms with Crippen LogP contribution in [0.5, 0.6) is 11.5 Å². The van der Waals surface area contributed by atoms with Crippen LogP contribution in [0.2, 0.25) is 0 Å². The fourth-order valence-corrected chi connectivity index (χ4v) is 3.60. The van der Waals surface area contributed by atoms with E-state index in [0.717, 1.165) is 10.5 Å². The molecule has 0 saturated heterocycles. The first-order chi connectivity index (χ1) is 15.0. The standard InChI is InChI=1S/C24H17FN2O4/c1-14-6-8-15(9-7-14)21-22(26-16-10-11-19-20(12-16)31-13-30-19)24(29)27(23(21)28)18-5-3-2-4-17(18)25/h2-12,26H,13H2,1H3. The molecule has 2 aliphatic rings. The van der Waals surface area contributed by atoms with Crippen molar-refractivity contribution in [2.75, 3.05) is 17.0 Å². The first-order valence-electron chi connectivity index (χ1n) is 9.64. The molecule has 154 valence electrons. The molecule has 0 spiro atoms. The predicted molar refractivity (Wildman–Crippen MR) is 113 cm³/mol. The lowest BCUT2D eigenvalue weighted by Gasteiger charge is -2.16. The fourth-order valence-electron chi connectivity index (χ4n) is 3.60. The van der Waals surface area contributed by atoms with E-state index in [4.69, 9.17) is 9.47 Å². The van der Waals surface area contributed by atoms with Gasteiger partial charge in [-0.2, -0.15) is 0 Å². The van der Waals surface area contributed by atoms with Crippen molar-refractivity contribution in [1.82, 2.24) is 0 Å². The van der Waals surface area contributed by atoms with E-state index in [2.05, 4.69) is 5.32 Å². The third-order valence-electron chi connectivity index (χ3n) is 5.16. The van der Waals surface area contributed by atoms with Crippen LogP contribution < -0.4 is 19.7 Å². The summed E-state index contributed by atoms with van der Waals surface area (Å²) in [7, 11) is 0. The molecule has 0 aliphatic carbocycles. The molecule has 0 unspecified atom stereocenters. The van der Waals surface area contributed by atoms with Crippen LogP contribution in [0, 0.1) is 12.7 Å². The van der Waals surface area contributed by atoms with E-state index in [0.29, 0.717) is 22.7 Å². The third-order valence-corrected chi connectivity index (χ3v) is 5.16. The minimum Gasteiger partial charge on any atom is -0.454 e. The number of amides is 2. The molecule has 3 aromatic rings. The van der Waals surface area contributed by atoms with E-state index in [1.165, 1.54) is 18.2 Å². The Labute approximate surface area is 177 Å². The van der Waals surface area contributed by atoms with E-state index < -0.39 is 17.6 Å². The van der Waals surface area contributed by atoms with Gasteiger partial charge >= 0.3 is 0 Å². The number of anilines is 2. The molecule has 0 saturated carbocycles. The maximum Gasteiger partial charge on any atom is 0.282 e. The lowest BCUT2D eigenvalue weighted by Crippen LogP contribution is -2.33. The molecule has 2 amide bonds. The number of nitrogens with zero attached hydrogens (tertiary/aromatic N) is 1. The van der Waals surface area contributed by atoms with Crippen LogP contribution in [-0.2, 0) is 9.59 Å². The van der Waals surface area contributed by atoms with Gasteiger partial charge in [0, 0.05) is 11.8 Å². The Bertz CT molecular complexity index is 1250. The Morgan fingerprint density at radius 2 is 1.65 bits per heavy atom. The van der Waals surface area contributed by atoms with Gasteiger partial charge in [0.2, 0.25) is 6.79 Å². The molecule has 31 heavy (non-hydrogen) atoms. The summed E-state index contributed by atoms with van der Waals surface area (Å²) in [6, 6.07) is 18.1. The van der Waals surface area contributed by atoms with Crippen LogP contribution >= 0.6 is 0 Å². The topological polar surface area (TPSA) is 67.9 Å². The number of carbonyl (C=O) groups is 2. The second-order valence-electron chi connectivity index (χ2n) is 7.21. The second kappa shape index (κ2) is 7.28. The molecule has 2 heterocycles. The predicted octanol–water partition coefficient (Wildman–Crippen LogP) is 4.26. The zero-order chi connectivity index (χ0) is 21.5. The van der Waals surface area contributed by atoms with E-state index in [1.54, 1.807) is 36.4 Å². The number of halogens is 1. The molecule has 0 bridgehead atoms. The van der Waals surface area contributed by atoms with Crippen LogP contribution in [-0.4, -0.2) is 18.6 Å². The molecule has 6 nitrogen and oxygen atoms in total. The van der Waals surface area contributed by atoms with Gasteiger partial charge < -0.3 is 14.8 Å². The molecule has 1 N–H and O–H groups in total. The molecule has 0 radical (unpaired) electrons. The summed E-state index contributed by atoms with van der Waals surface area (Å²) in [6.07, 6.45) is 0. The summed E-state index contributed by atoms with van der Waals surface area (Å²) in [5.41, 5.74) is 2.26. The van der Waals surface area contributed by atoms with Gasteiger partial charge in [-0.15, -0.1) is 0 Å². The molecular formula is C24H17FN2O4. The number of para-hydroxylation sites is 1. The minimum absolute atomic E-state index is 0.0657. The zero-order valence-electron chi connectivity index (χ0n) is 16.5. The van der Waals surface area contributed by atoms with Crippen molar-refractivity contribution in [3.05, 3.63) is 89.4 Å². The van der Waals surface area contributed by atoms with Gasteiger partial charge in [-0.05, 0) is 36.8 Å². The summed E-state index contributed by atoms with van der Waals surface area (Å²) in [5.74, 6) is -0.757. The van der Waals surface area contributed by atoms with Crippen LogP contribution in [0.25, 0.3) is 5.57 Å². The number of carbonyl (C=O) groups excluding carboxylic acids is 2. The Kier molecular flexibility index (Phi) is 4.43.